The van der Waals surface area contributed by atoms with Crippen LogP contribution in [0.15, 0.2) is 3.92 Å². The molecule has 0 spiro atoms. The Morgan fingerprint density at radius 1 is 1.18 bits per heavy atom. The predicted octanol–water partition coefficient (Wildman–Crippen LogP) is 2.02. The minimum atomic E-state index is 0.377. The summed E-state index contributed by atoms with van der Waals surface area (Å²) in [6.45, 7) is 3.76. The van der Waals surface area contributed by atoms with E-state index in [1.807, 2.05) is 0 Å². The van der Waals surface area contributed by atoms with E-state index < -0.39 is 0 Å². The van der Waals surface area contributed by atoms with Crippen LogP contribution in [0.1, 0.15) is 12.8 Å². The van der Waals surface area contributed by atoms with Gasteiger partial charge >= 0.3 is 0 Å². The number of aromatic nitrogens is 2. The predicted molar refractivity (Wildman–Crippen MR) is 68.2 cm³/mol. The highest BCUT2D eigenvalue weighted by Crippen LogP contribution is 2.45. The molecule has 6 heteroatoms. The fourth-order valence-electron chi connectivity index (χ4n) is 3.91. The topological polar surface area (TPSA) is 38.3 Å². The molecule has 4 fully saturated rings. The smallest absolute Gasteiger partial charge is 0.295 e. The van der Waals surface area contributed by atoms with Crippen LogP contribution >= 0.6 is 27.3 Å². The quantitative estimate of drug-likeness (QED) is 0.837. The van der Waals surface area contributed by atoms with Gasteiger partial charge in [0.15, 0.2) is 3.92 Å². The normalized spacial score (nSPS) is 43.0. The van der Waals surface area contributed by atoms with Crippen molar-refractivity contribution in [1.82, 2.24) is 15.1 Å². The molecule has 0 amide bonds. The highest BCUT2D eigenvalue weighted by molar-refractivity contribution is 9.11. The van der Waals surface area contributed by atoms with Gasteiger partial charge in [0, 0.05) is 31.5 Å². The molecule has 92 valence electrons. The van der Waals surface area contributed by atoms with E-state index in [9.17, 15) is 0 Å². The van der Waals surface area contributed by atoms with Gasteiger partial charge < -0.3 is 9.64 Å². The largest absolute Gasteiger partial charge is 0.465 e. The lowest BCUT2D eigenvalue weighted by atomic mass is 9.66. The monoisotopic (exact) mass is 315 g/mol. The number of rotatable bonds is 2. The standard InChI is InChI=1S/C11H14BrN3OS/c12-10-13-14-11(17-10)16-9-7-1-6-2-8(9)5-15(3-6)4-7/h6-9H,1-5H2/t6?,7-,8-,9?/m0/s1. The van der Waals surface area contributed by atoms with E-state index in [0.29, 0.717) is 17.9 Å². The van der Waals surface area contributed by atoms with Crippen molar-refractivity contribution in [2.45, 2.75) is 18.9 Å². The summed E-state index contributed by atoms with van der Waals surface area (Å²) in [5.74, 6) is 2.35. The molecule has 4 aliphatic rings. The van der Waals surface area contributed by atoms with Crippen molar-refractivity contribution in [3.8, 4) is 5.19 Å². The van der Waals surface area contributed by atoms with Gasteiger partial charge in [-0.15, -0.1) is 5.10 Å². The third-order valence-corrected chi connectivity index (χ3v) is 5.57. The van der Waals surface area contributed by atoms with Crippen molar-refractivity contribution in [3.63, 3.8) is 0 Å². The number of piperidine rings is 3. The Labute approximate surface area is 112 Å². The second-order valence-corrected chi connectivity index (χ2v) is 7.70. The van der Waals surface area contributed by atoms with Gasteiger partial charge in [-0.25, -0.2) is 0 Å². The zero-order chi connectivity index (χ0) is 11.4. The fourth-order valence-corrected chi connectivity index (χ4v) is 4.87. The lowest BCUT2D eigenvalue weighted by molar-refractivity contribution is -0.0986. The molecule has 0 unspecified atom stereocenters. The molecule has 3 aliphatic heterocycles. The van der Waals surface area contributed by atoms with Crippen molar-refractivity contribution < 1.29 is 4.74 Å². The number of halogens is 1. The number of hydrogen-bond acceptors (Lipinski definition) is 5. The lowest BCUT2D eigenvalue weighted by Crippen LogP contribution is -2.61. The van der Waals surface area contributed by atoms with Gasteiger partial charge in [0.1, 0.15) is 6.10 Å². The van der Waals surface area contributed by atoms with Crippen LogP contribution in [-0.2, 0) is 0 Å². The van der Waals surface area contributed by atoms with Crippen LogP contribution in [0.25, 0.3) is 0 Å². The van der Waals surface area contributed by atoms with Gasteiger partial charge in [0.05, 0.1) is 0 Å². The third kappa shape index (κ3) is 1.81. The molecule has 1 aromatic rings. The van der Waals surface area contributed by atoms with Gasteiger partial charge in [-0.2, -0.15) is 0 Å². The zero-order valence-electron chi connectivity index (χ0n) is 9.38. The first-order valence-electron chi connectivity index (χ1n) is 6.16. The van der Waals surface area contributed by atoms with Crippen LogP contribution in [0.2, 0.25) is 0 Å². The second-order valence-electron chi connectivity index (χ2n) is 5.48. The molecule has 5 rings (SSSR count). The maximum absolute atomic E-state index is 6.10. The Kier molecular flexibility index (Phi) is 2.45. The maximum Gasteiger partial charge on any atom is 0.295 e. The average Bonchev–Trinajstić information content (AvgIpc) is 2.68. The van der Waals surface area contributed by atoms with Crippen LogP contribution in [-0.4, -0.2) is 40.8 Å². The summed E-state index contributed by atoms with van der Waals surface area (Å²) in [5.41, 5.74) is 0. The molecule has 0 N–H and O–H groups in total. The Balaban J connectivity index is 1.54. The molecule has 1 saturated carbocycles. The Bertz CT molecular complexity index is 410. The molecule has 17 heavy (non-hydrogen) atoms. The Hall–Kier alpha value is -0.200. The molecule has 1 aliphatic carbocycles. The van der Waals surface area contributed by atoms with Gasteiger partial charge in [-0.1, -0.05) is 5.10 Å². The first kappa shape index (κ1) is 10.7. The van der Waals surface area contributed by atoms with E-state index in [1.165, 1.54) is 43.8 Å². The summed E-state index contributed by atoms with van der Waals surface area (Å²) in [4.78, 5) is 2.61. The van der Waals surface area contributed by atoms with Gasteiger partial charge in [0.2, 0.25) is 0 Å². The molecular weight excluding hydrogens is 302 g/mol. The van der Waals surface area contributed by atoms with Crippen molar-refractivity contribution in [2.24, 2.45) is 17.8 Å². The number of ether oxygens (including phenoxy) is 1. The van der Waals surface area contributed by atoms with Crippen LogP contribution in [0, 0.1) is 17.8 Å². The Morgan fingerprint density at radius 2 is 1.94 bits per heavy atom. The summed E-state index contributed by atoms with van der Waals surface area (Å²) >= 11 is 4.82. The number of hydrogen-bond donors (Lipinski definition) is 0. The average molecular weight is 316 g/mol. The fraction of sp³-hybridized carbons (Fsp3) is 0.818. The van der Waals surface area contributed by atoms with Crippen molar-refractivity contribution in [1.29, 1.82) is 0 Å². The van der Waals surface area contributed by atoms with E-state index >= 15 is 0 Å². The first-order valence-corrected chi connectivity index (χ1v) is 7.77. The zero-order valence-corrected chi connectivity index (χ0v) is 11.8. The second kappa shape index (κ2) is 3.90. The van der Waals surface area contributed by atoms with Gasteiger partial charge in [-0.05, 0) is 46.0 Å². The third-order valence-electron chi connectivity index (χ3n) is 4.32. The van der Waals surface area contributed by atoms with E-state index in [0.717, 1.165) is 15.0 Å². The van der Waals surface area contributed by atoms with E-state index in [2.05, 4.69) is 31.0 Å². The van der Waals surface area contributed by atoms with Crippen molar-refractivity contribution in [3.05, 3.63) is 3.92 Å². The number of nitrogens with zero attached hydrogens (tertiary/aromatic N) is 3. The maximum atomic E-state index is 6.10. The van der Waals surface area contributed by atoms with Crippen LogP contribution in [0.3, 0.4) is 0 Å². The molecule has 1 aromatic heterocycles. The molecule has 4 heterocycles. The summed E-state index contributed by atoms with van der Waals surface area (Å²) in [7, 11) is 0. The molecule has 2 atom stereocenters. The highest BCUT2D eigenvalue weighted by Gasteiger charge is 2.48. The van der Waals surface area contributed by atoms with Crippen molar-refractivity contribution in [2.75, 3.05) is 19.6 Å². The lowest BCUT2D eigenvalue weighted by Gasteiger charge is -2.54. The SMILES string of the molecule is Brc1nnc(OC2[C@H]3CC4C[C@H]2CN(C4)C3)s1. The highest BCUT2D eigenvalue weighted by atomic mass is 79.9. The van der Waals surface area contributed by atoms with Crippen LogP contribution in [0.4, 0.5) is 0 Å². The van der Waals surface area contributed by atoms with E-state index in [-0.39, 0.29) is 0 Å². The van der Waals surface area contributed by atoms with E-state index in [1.54, 1.807) is 0 Å². The molecule has 3 saturated heterocycles. The summed E-state index contributed by atoms with van der Waals surface area (Å²) in [5, 5.41) is 8.73. The molecule has 4 nitrogen and oxygen atoms in total. The molecule has 0 aromatic carbocycles. The van der Waals surface area contributed by atoms with Crippen LogP contribution < -0.4 is 4.74 Å². The summed E-state index contributed by atoms with van der Waals surface area (Å²) in [6, 6.07) is 0. The summed E-state index contributed by atoms with van der Waals surface area (Å²) < 4.78 is 6.91. The van der Waals surface area contributed by atoms with E-state index in [4.69, 9.17) is 4.74 Å². The minimum absolute atomic E-state index is 0.377. The van der Waals surface area contributed by atoms with Crippen molar-refractivity contribution >= 4 is 27.3 Å². The minimum Gasteiger partial charge on any atom is -0.465 e. The molecule has 0 radical (unpaired) electrons. The van der Waals surface area contributed by atoms with Crippen LogP contribution in [0.5, 0.6) is 5.19 Å². The first-order chi connectivity index (χ1) is 8.28. The van der Waals surface area contributed by atoms with Gasteiger partial charge in [-0.3, -0.25) is 0 Å². The summed E-state index contributed by atoms with van der Waals surface area (Å²) in [6.07, 6.45) is 3.07. The molecular formula is C11H14BrN3OS. The molecule has 4 bridgehead atoms. The van der Waals surface area contributed by atoms with Gasteiger partial charge in [0.25, 0.3) is 5.19 Å². The Morgan fingerprint density at radius 3 is 2.53 bits per heavy atom.